The standard InChI is InChI=1S/C7H16OP/c1-5-7(4)9(8)6(2)3/h6-7H,5H2,1-4H3/q+1. The van der Waals surface area contributed by atoms with E-state index in [4.69, 9.17) is 0 Å². The second-order valence-corrected chi connectivity index (χ2v) is 5.35. The molecule has 0 aliphatic rings. The molecule has 0 aliphatic carbocycles. The van der Waals surface area contributed by atoms with Crippen LogP contribution >= 0.6 is 7.80 Å². The van der Waals surface area contributed by atoms with Crippen LogP contribution in [-0.4, -0.2) is 11.3 Å². The van der Waals surface area contributed by atoms with Crippen LogP contribution in [0.3, 0.4) is 0 Å². The van der Waals surface area contributed by atoms with Gasteiger partial charge in [0.15, 0.2) is 11.3 Å². The molecule has 0 spiro atoms. The first kappa shape index (κ1) is 9.10. The quantitative estimate of drug-likeness (QED) is 0.561. The van der Waals surface area contributed by atoms with E-state index in [-0.39, 0.29) is 0 Å². The Morgan fingerprint density at radius 2 is 1.78 bits per heavy atom. The second kappa shape index (κ2) is 4.00. The minimum absolute atomic E-state index is 0.356. The van der Waals surface area contributed by atoms with E-state index >= 15 is 0 Å². The molecule has 0 aromatic heterocycles. The lowest BCUT2D eigenvalue weighted by Gasteiger charge is -1.96. The molecule has 0 fully saturated rings. The average molecular weight is 147 g/mol. The monoisotopic (exact) mass is 147 g/mol. The first-order valence-corrected chi connectivity index (χ1v) is 4.94. The molecule has 54 valence electrons. The van der Waals surface area contributed by atoms with Gasteiger partial charge in [0.2, 0.25) is 0 Å². The minimum atomic E-state index is -0.951. The zero-order chi connectivity index (χ0) is 7.44. The van der Waals surface area contributed by atoms with E-state index in [1.807, 2.05) is 13.8 Å². The fourth-order valence-corrected chi connectivity index (χ4v) is 2.07. The summed E-state index contributed by atoms with van der Waals surface area (Å²) in [5.41, 5.74) is 0.759. The molecule has 0 bridgehead atoms. The fraction of sp³-hybridized carbons (Fsp3) is 1.00. The number of rotatable bonds is 3. The van der Waals surface area contributed by atoms with Gasteiger partial charge in [-0.05, 0) is 27.2 Å². The summed E-state index contributed by atoms with van der Waals surface area (Å²) in [4.78, 5) is 0. The van der Waals surface area contributed by atoms with Gasteiger partial charge in [0, 0.05) is 0 Å². The van der Waals surface area contributed by atoms with Gasteiger partial charge in [0.1, 0.15) is 0 Å². The van der Waals surface area contributed by atoms with Gasteiger partial charge in [-0.2, -0.15) is 0 Å². The van der Waals surface area contributed by atoms with Crippen LogP contribution in [0.15, 0.2) is 0 Å². The first-order chi connectivity index (χ1) is 4.09. The summed E-state index contributed by atoms with van der Waals surface area (Å²) >= 11 is 0. The summed E-state index contributed by atoms with van der Waals surface area (Å²) in [5.74, 6) is 0. The highest BCUT2D eigenvalue weighted by Crippen LogP contribution is 2.34. The van der Waals surface area contributed by atoms with Crippen LogP contribution < -0.4 is 0 Å². The van der Waals surface area contributed by atoms with Crippen molar-refractivity contribution < 1.29 is 4.57 Å². The van der Waals surface area contributed by atoms with E-state index in [0.717, 1.165) is 6.42 Å². The smallest absolute Gasteiger partial charge is 0.0742 e. The van der Waals surface area contributed by atoms with E-state index in [2.05, 4.69) is 13.8 Å². The molecule has 2 atom stereocenters. The van der Waals surface area contributed by atoms with Gasteiger partial charge < -0.3 is 0 Å². The molecule has 0 aliphatic heterocycles. The van der Waals surface area contributed by atoms with Crippen LogP contribution in [0.1, 0.15) is 34.1 Å². The molecule has 0 rings (SSSR count). The molecule has 9 heavy (non-hydrogen) atoms. The molecule has 0 saturated heterocycles. The maximum Gasteiger partial charge on any atom is 0.344 e. The van der Waals surface area contributed by atoms with Crippen molar-refractivity contribution in [3.8, 4) is 0 Å². The molecule has 0 amide bonds. The van der Waals surface area contributed by atoms with Gasteiger partial charge in [-0.25, -0.2) is 0 Å². The third-order valence-corrected chi connectivity index (χ3v) is 3.79. The van der Waals surface area contributed by atoms with Crippen molar-refractivity contribution in [2.24, 2.45) is 0 Å². The van der Waals surface area contributed by atoms with Gasteiger partial charge in [-0.3, -0.25) is 0 Å². The van der Waals surface area contributed by atoms with E-state index in [1.54, 1.807) is 0 Å². The second-order valence-electron chi connectivity index (χ2n) is 2.71. The fourth-order valence-electron chi connectivity index (χ4n) is 0.689. The maximum atomic E-state index is 11.2. The highest BCUT2D eigenvalue weighted by Gasteiger charge is 2.26. The van der Waals surface area contributed by atoms with Crippen molar-refractivity contribution in [2.45, 2.75) is 45.4 Å². The molecule has 2 heteroatoms. The van der Waals surface area contributed by atoms with Crippen molar-refractivity contribution in [3.05, 3.63) is 0 Å². The van der Waals surface area contributed by atoms with Crippen molar-refractivity contribution >= 4 is 7.80 Å². The summed E-state index contributed by atoms with van der Waals surface area (Å²) in [6.45, 7) is 8.18. The lowest BCUT2D eigenvalue weighted by atomic mass is 10.4. The molecule has 0 saturated carbocycles. The summed E-state index contributed by atoms with van der Waals surface area (Å²) in [6, 6.07) is 0. The molecule has 0 heterocycles. The Balaban J connectivity index is 3.73. The van der Waals surface area contributed by atoms with Crippen molar-refractivity contribution in [3.63, 3.8) is 0 Å². The zero-order valence-corrected chi connectivity index (χ0v) is 7.61. The van der Waals surface area contributed by atoms with Crippen LogP contribution in [0, 0.1) is 0 Å². The van der Waals surface area contributed by atoms with Crippen LogP contribution in [0.5, 0.6) is 0 Å². The number of hydrogen-bond donors (Lipinski definition) is 0. The van der Waals surface area contributed by atoms with E-state index in [0.29, 0.717) is 11.3 Å². The van der Waals surface area contributed by atoms with Crippen LogP contribution in [0.25, 0.3) is 0 Å². The van der Waals surface area contributed by atoms with Crippen LogP contribution in [-0.2, 0) is 4.57 Å². The highest BCUT2D eigenvalue weighted by molar-refractivity contribution is 7.46. The topological polar surface area (TPSA) is 17.1 Å². The van der Waals surface area contributed by atoms with E-state index in [1.165, 1.54) is 0 Å². The molecule has 0 N–H and O–H groups in total. The highest BCUT2D eigenvalue weighted by atomic mass is 31.1. The van der Waals surface area contributed by atoms with Gasteiger partial charge in [-0.15, -0.1) is 0 Å². The predicted octanol–water partition coefficient (Wildman–Crippen LogP) is 3.02. The molecule has 0 radical (unpaired) electrons. The summed E-state index contributed by atoms with van der Waals surface area (Å²) in [7, 11) is -0.951. The van der Waals surface area contributed by atoms with Gasteiger partial charge in [0.25, 0.3) is 0 Å². The lowest BCUT2D eigenvalue weighted by molar-refractivity contribution is 0.573. The van der Waals surface area contributed by atoms with Crippen LogP contribution in [0.2, 0.25) is 0 Å². The summed E-state index contributed by atoms with van der Waals surface area (Å²) in [6.07, 6.45) is 1.04. The Kier molecular flexibility index (Phi) is 4.05. The normalized spacial score (nSPS) is 15.9. The Morgan fingerprint density at radius 3 is 1.89 bits per heavy atom. The van der Waals surface area contributed by atoms with Gasteiger partial charge >= 0.3 is 7.80 Å². The van der Waals surface area contributed by atoms with Crippen LogP contribution in [0.4, 0.5) is 0 Å². The zero-order valence-electron chi connectivity index (χ0n) is 6.72. The van der Waals surface area contributed by atoms with Gasteiger partial charge in [-0.1, -0.05) is 11.5 Å². The molecule has 0 aromatic rings. The van der Waals surface area contributed by atoms with Gasteiger partial charge in [0.05, 0.1) is 0 Å². The minimum Gasteiger partial charge on any atom is -0.0742 e. The molecule has 2 unspecified atom stereocenters. The van der Waals surface area contributed by atoms with E-state index < -0.39 is 7.80 Å². The summed E-state index contributed by atoms with van der Waals surface area (Å²) < 4.78 is 11.2. The van der Waals surface area contributed by atoms with Crippen molar-refractivity contribution in [1.82, 2.24) is 0 Å². The third kappa shape index (κ3) is 2.95. The molecule has 1 nitrogen and oxygen atoms in total. The number of hydrogen-bond acceptors (Lipinski definition) is 1. The summed E-state index contributed by atoms with van der Waals surface area (Å²) in [5, 5.41) is 0. The molecular weight excluding hydrogens is 131 g/mol. The lowest BCUT2D eigenvalue weighted by Crippen LogP contribution is -1.99. The average Bonchev–Trinajstić information content (AvgIpc) is 1.84. The largest absolute Gasteiger partial charge is 0.344 e. The Bertz CT molecular complexity index is 99.1. The van der Waals surface area contributed by atoms with E-state index in [9.17, 15) is 4.57 Å². The Morgan fingerprint density at radius 1 is 1.33 bits per heavy atom. The molecular formula is C7H16OP+. The Labute approximate surface area is 58.6 Å². The third-order valence-electron chi connectivity index (χ3n) is 1.53. The SMILES string of the molecule is CCC(C)[P+](=O)C(C)C. The maximum absolute atomic E-state index is 11.2. The predicted molar refractivity (Wildman–Crippen MR) is 42.5 cm³/mol. The Hall–Kier alpha value is 0.100. The van der Waals surface area contributed by atoms with Crippen molar-refractivity contribution in [2.75, 3.05) is 0 Å². The first-order valence-electron chi connectivity index (χ1n) is 3.55. The van der Waals surface area contributed by atoms with Crippen molar-refractivity contribution in [1.29, 1.82) is 0 Å². The molecule has 0 aromatic carbocycles.